The van der Waals surface area contributed by atoms with Crippen LogP contribution in [0.4, 0.5) is 11.5 Å². The molecule has 0 unspecified atom stereocenters. The van der Waals surface area contributed by atoms with Gasteiger partial charge in [0.25, 0.3) is 11.5 Å². The zero-order valence-electron chi connectivity index (χ0n) is 19.7. The van der Waals surface area contributed by atoms with Crippen LogP contribution in [0.25, 0.3) is 0 Å². The normalized spacial score (nSPS) is 21.8. The van der Waals surface area contributed by atoms with Gasteiger partial charge in [0, 0.05) is 18.7 Å². The number of aromatic nitrogens is 2. The molecule has 2 amide bonds. The average Bonchev–Trinajstić information content (AvgIpc) is 3.29. The first-order valence-electron chi connectivity index (χ1n) is 11.6. The number of aromatic amines is 1. The monoisotopic (exact) mass is 485 g/mol. The van der Waals surface area contributed by atoms with Crippen LogP contribution in [0.15, 0.2) is 39.9 Å². The molecule has 2 aliphatic heterocycles. The first-order valence-corrected chi connectivity index (χ1v) is 12.5. The van der Waals surface area contributed by atoms with Crippen molar-refractivity contribution in [2.75, 3.05) is 22.9 Å². The van der Waals surface area contributed by atoms with E-state index >= 15 is 0 Å². The average molecular weight is 486 g/mol. The Bertz CT molecular complexity index is 1210. The number of nitrogens with one attached hydrogen (secondary N) is 1. The van der Waals surface area contributed by atoms with Crippen LogP contribution in [0.1, 0.15) is 45.6 Å². The minimum Gasteiger partial charge on any atom is -0.383 e. The van der Waals surface area contributed by atoms with Gasteiger partial charge in [0.1, 0.15) is 11.9 Å². The van der Waals surface area contributed by atoms with Crippen LogP contribution in [0.2, 0.25) is 0 Å². The second kappa shape index (κ2) is 9.32. The number of nitrogen functional groups attached to an aromatic ring is 1. The molecule has 2 saturated heterocycles. The summed E-state index contributed by atoms with van der Waals surface area (Å²) in [7, 11) is 0. The van der Waals surface area contributed by atoms with Crippen LogP contribution < -0.4 is 21.9 Å². The van der Waals surface area contributed by atoms with Crippen molar-refractivity contribution in [1.29, 1.82) is 0 Å². The third-order valence-electron chi connectivity index (χ3n) is 6.59. The number of nitrogens with zero attached hydrogens (tertiary/aromatic N) is 3. The third kappa shape index (κ3) is 4.38. The van der Waals surface area contributed by atoms with E-state index in [1.807, 2.05) is 51.1 Å². The first-order chi connectivity index (χ1) is 16.1. The molecule has 2 aliphatic rings. The molecule has 1 aromatic heterocycles. The number of anilines is 2. The summed E-state index contributed by atoms with van der Waals surface area (Å²) in [4.78, 5) is 57.1. The van der Waals surface area contributed by atoms with Gasteiger partial charge in [-0.3, -0.25) is 23.9 Å². The van der Waals surface area contributed by atoms with E-state index in [9.17, 15) is 19.2 Å². The Hall–Kier alpha value is -3.01. The molecule has 2 fully saturated rings. The third-order valence-corrected chi connectivity index (χ3v) is 8.10. The Balaban J connectivity index is 1.76. The minimum absolute atomic E-state index is 0.0357. The molecule has 2 atom stereocenters. The van der Waals surface area contributed by atoms with E-state index in [0.717, 1.165) is 5.56 Å². The standard InChI is InChI=1S/C24H31N5O4S/c1-15(2)10-12-27(22(32)17-14-34-24(3)11-9-18(30)29(17)24)19-20(25)28(23(33)26-21(19)31)13-16-7-5-4-6-8-16/h4-8,15,17H,9-14,25H2,1-3H3,(H,26,31,33)/t17-,24+/m0/s1. The summed E-state index contributed by atoms with van der Waals surface area (Å²) in [5.74, 6) is 0.277. The van der Waals surface area contributed by atoms with Crippen molar-refractivity contribution >= 4 is 35.1 Å². The molecule has 0 radical (unpaired) electrons. The summed E-state index contributed by atoms with van der Waals surface area (Å²) >= 11 is 1.59. The Morgan fingerprint density at radius 3 is 2.65 bits per heavy atom. The lowest BCUT2D eigenvalue weighted by Gasteiger charge is -2.33. The summed E-state index contributed by atoms with van der Waals surface area (Å²) in [5, 5.41) is 0. The topological polar surface area (TPSA) is 121 Å². The molecule has 3 heterocycles. The number of nitrogens with two attached hydrogens (primary N) is 1. The smallest absolute Gasteiger partial charge is 0.330 e. The van der Waals surface area contributed by atoms with Crippen LogP contribution in [0, 0.1) is 5.92 Å². The largest absolute Gasteiger partial charge is 0.383 e. The van der Waals surface area contributed by atoms with Gasteiger partial charge < -0.3 is 15.5 Å². The molecular weight excluding hydrogens is 454 g/mol. The molecule has 0 saturated carbocycles. The molecule has 0 aliphatic carbocycles. The Labute approximate surface area is 202 Å². The molecule has 0 bridgehead atoms. The highest BCUT2D eigenvalue weighted by Crippen LogP contribution is 2.47. The van der Waals surface area contributed by atoms with Gasteiger partial charge in [-0.1, -0.05) is 44.2 Å². The number of H-pyrrole nitrogens is 1. The van der Waals surface area contributed by atoms with Crippen molar-refractivity contribution in [3.8, 4) is 0 Å². The molecular formula is C24H31N5O4S. The summed E-state index contributed by atoms with van der Waals surface area (Å²) in [6, 6.07) is 8.60. The van der Waals surface area contributed by atoms with Gasteiger partial charge in [0.05, 0.1) is 11.4 Å². The molecule has 0 spiro atoms. The van der Waals surface area contributed by atoms with Gasteiger partial charge in [0.15, 0.2) is 5.69 Å². The van der Waals surface area contributed by atoms with Crippen molar-refractivity contribution in [1.82, 2.24) is 14.5 Å². The number of carbonyl (C=O) groups excluding carboxylic acids is 2. The van der Waals surface area contributed by atoms with Gasteiger partial charge in [-0.25, -0.2) is 4.79 Å². The van der Waals surface area contributed by atoms with E-state index in [2.05, 4.69) is 4.98 Å². The minimum atomic E-state index is -0.704. The molecule has 9 nitrogen and oxygen atoms in total. The molecule has 3 N–H and O–H groups in total. The first kappa shape index (κ1) is 24.1. The fourth-order valence-electron chi connectivity index (χ4n) is 4.66. The number of thioether (sulfide) groups is 1. The van der Waals surface area contributed by atoms with Gasteiger partial charge in [-0.05, 0) is 31.2 Å². The number of rotatable bonds is 7. The van der Waals surface area contributed by atoms with Gasteiger partial charge in [0.2, 0.25) is 5.91 Å². The van der Waals surface area contributed by atoms with Crippen molar-refractivity contribution in [3.05, 3.63) is 56.7 Å². The Morgan fingerprint density at radius 1 is 1.26 bits per heavy atom. The molecule has 1 aromatic carbocycles. The number of benzene rings is 1. The fraction of sp³-hybridized carbons (Fsp3) is 0.500. The Morgan fingerprint density at radius 2 is 1.97 bits per heavy atom. The highest BCUT2D eigenvalue weighted by molar-refractivity contribution is 8.01. The van der Waals surface area contributed by atoms with E-state index < -0.39 is 22.2 Å². The molecule has 182 valence electrons. The molecule has 2 aromatic rings. The summed E-state index contributed by atoms with van der Waals surface area (Å²) in [6.45, 7) is 6.45. The quantitative estimate of drug-likeness (QED) is 0.619. The lowest BCUT2D eigenvalue weighted by atomic mass is 10.1. The number of fused-ring (bicyclic) bond motifs is 1. The number of amides is 2. The van der Waals surface area contributed by atoms with E-state index in [-0.39, 0.29) is 42.3 Å². The zero-order chi connectivity index (χ0) is 24.6. The fourth-order valence-corrected chi connectivity index (χ4v) is 6.09. The summed E-state index contributed by atoms with van der Waals surface area (Å²) in [6.07, 6.45) is 1.73. The lowest BCUT2D eigenvalue weighted by Crippen LogP contribution is -2.53. The van der Waals surface area contributed by atoms with E-state index in [4.69, 9.17) is 5.73 Å². The maximum Gasteiger partial charge on any atom is 0.330 e. The molecule has 34 heavy (non-hydrogen) atoms. The van der Waals surface area contributed by atoms with Crippen LogP contribution in [-0.4, -0.2) is 49.5 Å². The van der Waals surface area contributed by atoms with Crippen molar-refractivity contribution < 1.29 is 9.59 Å². The maximum atomic E-state index is 13.9. The van der Waals surface area contributed by atoms with Crippen LogP contribution in [-0.2, 0) is 16.1 Å². The van der Waals surface area contributed by atoms with Crippen molar-refractivity contribution in [3.63, 3.8) is 0 Å². The van der Waals surface area contributed by atoms with Crippen molar-refractivity contribution in [2.45, 2.75) is 57.5 Å². The predicted octanol–water partition coefficient (Wildman–Crippen LogP) is 2.00. The van der Waals surface area contributed by atoms with E-state index in [0.29, 0.717) is 25.0 Å². The van der Waals surface area contributed by atoms with Gasteiger partial charge >= 0.3 is 5.69 Å². The maximum absolute atomic E-state index is 13.9. The molecule has 4 rings (SSSR count). The van der Waals surface area contributed by atoms with E-state index in [1.165, 1.54) is 9.47 Å². The number of carbonyl (C=O) groups is 2. The van der Waals surface area contributed by atoms with Crippen LogP contribution in [0.5, 0.6) is 0 Å². The Kier molecular flexibility index (Phi) is 6.62. The number of hydrogen-bond donors (Lipinski definition) is 2. The SMILES string of the molecule is CC(C)CCN(C(=O)[C@@H]1CS[C@]2(C)CCC(=O)N12)c1c(N)n(Cc2ccccc2)c(=O)[nH]c1=O. The second-order valence-electron chi connectivity index (χ2n) is 9.50. The van der Waals surface area contributed by atoms with Gasteiger partial charge in [-0.2, -0.15) is 0 Å². The second-order valence-corrected chi connectivity index (χ2v) is 11.0. The van der Waals surface area contributed by atoms with Crippen LogP contribution >= 0.6 is 11.8 Å². The van der Waals surface area contributed by atoms with E-state index in [1.54, 1.807) is 16.7 Å². The summed E-state index contributed by atoms with van der Waals surface area (Å²) in [5.41, 5.74) is 5.86. The van der Waals surface area contributed by atoms with Gasteiger partial charge in [-0.15, -0.1) is 11.8 Å². The summed E-state index contributed by atoms with van der Waals surface area (Å²) < 4.78 is 1.27. The number of hydrogen-bond acceptors (Lipinski definition) is 6. The van der Waals surface area contributed by atoms with Crippen LogP contribution in [0.3, 0.4) is 0 Å². The highest BCUT2D eigenvalue weighted by Gasteiger charge is 2.54. The zero-order valence-corrected chi connectivity index (χ0v) is 20.6. The molecule has 10 heteroatoms. The van der Waals surface area contributed by atoms with Crippen molar-refractivity contribution in [2.24, 2.45) is 5.92 Å². The predicted molar refractivity (Wildman–Crippen MR) is 134 cm³/mol. The lowest BCUT2D eigenvalue weighted by molar-refractivity contribution is -0.136. The highest BCUT2D eigenvalue weighted by atomic mass is 32.2.